The first kappa shape index (κ1) is 16.4. The monoisotopic (exact) mass is 437 g/mol. The standard InChI is InChI=1S/C8H9Br2NO4S3/c9-6-3-5(7(10)17-6)18(14,15)11-4(1-2-16)8(12)13/h3-4,11,16H,1-2H2,(H,12,13). The van der Waals surface area contributed by atoms with Gasteiger partial charge in [-0.05, 0) is 50.1 Å². The highest BCUT2D eigenvalue weighted by atomic mass is 79.9. The van der Waals surface area contributed by atoms with E-state index in [4.69, 9.17) is 5.11 Å². The SMILES string of the molecule is O=C(O)C(CCS)NS(=O)(=O)c1cc(Br)sc1Br. The van der Waals surface area contributed by atoms with Gasteiger partial charge in [0.2, 0.25) is 10.0 Å². The summed E-state index contributed by atoms with van der Waals surface area (Å²) >= 11 is 11.4. The molecule has 102 valence electrons. The van der Waals surface area contributed by atoms with E-state index in [0.29, 0.717) is 7.57 Å². The molecule has 0 aromatic carbocycles. The van der Waals surface area contributed by atoms with Crippen molar-refractivity contribution >= 4 is 71.8 Å². The van der Waals surface area contributed by atoms with Crippen LogP contribution in [0.1, 0.15) is 6.42 Å². The molecule has 0 aliphatic heterocycles. The lowest BCUT2D eigenvalue weighted by atomic mass is 10.2. The highest BCUT2D eigenvalue weighted by molar-refractivity contribution is 9.12. The molecule has 0 spiro atoms. The average molecular weight is 439 g/mol. The van der Waals surface area contributed by atoms with Crippen molar-refractivity contribution in [1.29, 1.82) is 0 Å². The Bertz CT molecular complexity index is 543. The molecule has 0 aliphatic rings. The Kier molecular flexibility index (Phi) is 6.13. The van der Waals surface area contributed by atoms with E-state index in [1.165, 1.54) is 17.4 Å². The van der Waals surface area contributed by atoms with E-state index in [9.17, 15) is 13.2 Å². The van der Waals surface area contributed by atoms with Gasteiger partial charge >= 0.3 is 5.97 Å². The number of halogens is 2. The number of nitrogens with one attached hydrogen (secondary N) is 1. The summed E-state index contributed by atoms with van der Waals surface area (Å²) in [4.78, 5) is 10.9. The smallest absolute Gasteiger partial charge is 0.321 e. The summed E-state index contributed by atoms with van der Waals surface area (Å²) in [6, 6.07) is 0.231. The first-order valence-corrected chi connectivity index (χ1v) is 9.10. The van der Waals surface area contributed by atoms with E-state index in [1.807, 2.05) is 0 Å². The maximum atomic E-state index is 12.0. The minimum absolute atomic E-state index is 0.0183. The fourth-order valence-corrected chi connectivity index (χ4v) is 6.41. The second-order valence-corrected chi connectivity index (χ2v) is 9.09. The zero-order valence-corrected chi connectivity index (χ0v) is 14.5. The number of hydrogen-bond acceptors (Lipinski definition) is 5. The van der Waals surface area contributed by atoms with Gasteiger partial charge in [0.05, 0.1) is 7.57 Å². The Morgan fingerprint density at radius 1 is 1.56 bits per heavy atom. The average Bonchev–Trinajstić information content (AvgIpc) is 2.57. The largest absolute Gasteiger partial charge is 0.480 e. The predicted molar refractivity (Wildman–Crippen MR) is 79.9 cm³/mol. The number of hydrogen-bond donors (Lipinski definition) is 3. The molecular formula is C8H9Br2NO4S3. The molecule has 0 saturated carbocycles. The van der Waals surface area contributed by atoms with Crippen LogP contribution in [0, 0.1) is 0 Å². The van der Waals surface area contributed by atoms with E-state index in [2.05, 4.69) is 49.2 Å². The lowest BCUT2D eigenvalue weighted by Gasteiger charge is -2.13. The molecule has 1 rings (SSSR count). The highest BCUT2D eigenvalue weighted by Gasteiger charge is 2.27. The normalized spacial score (nSPS) is 13.5. The van der Waals surface area contributed by atoms with Crippen molar-refractivity contribution in [3.8, 4) is 0 Å². The summed E-state index contributed by atoms with van der Waals surface area (Å²) in [5.74, 6) is -0.952. The van der Waals surface area contributed by atoms with Crippen LogP contribution in [0.15, 0.2) is 18.5 Å². The van der Waals surface area contributed by atoms with E-state index >= 15 is 0 Å². The van der Waals surface area contributed by atoms with Gasteiger partial charge in [-0.25, -0.2) is 8.42 Å². The molecule has 1 unspecified atom stereocenters. The molecular weight excluding hydrogens is 430 g/mol. The Hall–Kier alpha value is 0.390. The summed E-state index contributed by atoms with van der Waals surface area (Å²) in [7, 11) is -3.87. The van der Waals surface area contributed by atoms with Gasteiger partial charge in [0.1, 0.15) is 10.9 Å². The van der Waals surface area contributed by atoms with Gasteiger partial charge in [0.15, 0.2) is 0 Å². The Morgan fingerprint density at radius 3 is 2.56 bits per heavy atom. The van der Waals surface area contributed by atoms with Gasteiger partial charge < -0.3 is 5.11 Å². The first-order valence-electron chi connectivity index (χ1n) is 4.58. The van der Waals surface area contributed by atoms with E-state index in [0.717, 1.165) is 0 Å². The number of thiol groups is 1. The number of sulfonamides is 1. The third-order valence-corrected chi connectivity index (χ3v) is 6.41. The fourth-order valence-electron chi connectivity index (χ4n) is 1.12. The molecule has 0 amide bonds. The quantitative estimate of drug-likeness (QED) is 0.595. The lowest BCUT2D eigenvalue weighted by molar-refractivity contribution is -0.139. The van der Waals surface area contributed by atoms with Crippen molar-refractivity contribution in [2.75, 3.05) is 5.75 Å². The van der Waals surface area contributed by atoms with Crippen molar-refractivity contribution in [2.24, 2.45) is 0 Å². The number of thiophene rings is 1. The topological polar surface area (TPSA) is 83.5 Å². The maximum absolute atomic E-state index is 12.0. The van der Waals surface area contributed by atoms with E-state index in [1.54, 1.807) is 0 Å². The number of carbonyl (C=O) groups is 1. The van der Waals surface area contributed by atoms with Crippen LogP contribution in [0.2, 0.25) is 0 Å². The van der Waals surface area contributed by atoms with Crippen LogP contribution in [0.4, 0.5) is 0 Å². The number of aliphatic carboxylic acids is 1. The molecule has 0 fully saturated rings. The van der Waals surface area contributed by atoms with Gasteiger partial charge in [0, 0.05) is 0 Å². The highest BCUT2D eigenvalue weighted by Crippen LogP contribution is 2.34. The van der Waals surface area contributed by atoms with Gasteiger partial charge in [-0.3, -0.25) is 4.79 Å². The van der Waals surface area contributed by atoms with Crippen molar-refractivity contribution in [1.82, 2.24) is 4.72 Å². The van der Waals surface area contributed by atoms with Crippen molar-refractivity contribution in [3.63, 3.8) is 0 Å². The first-order chi connectivity index (χ1) is 8.27. The molecule has 0 radical (unpaired) electrons. The summed E-state index contributed by atoms with van der Waals surface area (Å²) in [5.41, 5.74) is 0. The minimum atomic E-state index is -3.87. The van der Waals surface area contributed by atoms with Crippen LogP contribution in [0.5, 0.6) is 0 Å². The summed E-state index contributed by atoms with van der Waals surface area (Å²) in [5, 5.41) is 8.91. The zero-order valence-electron chi connectivity index (χ0n) is 8.76. The number of rotatable bonds is 6. The summed E-state index contributed by atoms with van der Waals surface area (Å²) in [6.45, 7) is 0. The number of carboxylic acids is 1. The molecule has 1 aromatic rings. The minimum Gasteiger partial charge on any atom is -0.480 e. The van der Waals surface area contributed by atoms with Crippen molar-refractivity contribution in [2.45, 2.75) is 17.4 Å². The van der Waals surface area contributed by atoms with Gasteiger partial charge in [-0.2, -0.15) is 17.4 Å². The molecule has 1 atom stereocenters. The third kappa shape index (κ3) is 4.20. The zero-order chi connectivity index (χ0) is 13.9. The molecule has 10 heteroatoms. The van der Waals surface area contributed by atoms with Crippen LogP contribution in [-0.4, -0.2) is 31.3 Å². The summed E-state index contributed by atoms with van der Waals surface area (Å²) in [6.07, 6.45) is 0.112. The van der Waals surface area contributed by atoms with E-state index < -0.39 is 22.0 Å². The molecule has 18 heavy (non-hydrogen) atoms. The molecule has 1 aromatic heterocycles. The Labute approximate surface area is 131 Å². The summed E-state index contributed by atoms with van der Waals surface area (Å²) < 4.78 is 27.2. The van der Waals surface area contributed by atoms with Crippen LogP contribution >= 0.6 is 55.8 Å². The molecule has 5 nitrogen and oxygen atoms in total. The molecule has 0 bridgehead atoms. The maximum Gasteiger partial charge on any atom is 0.321 e. The molecule has 0 aliphatic carbocycles. The number of carboxylic acid groups (broad SMARTS) is 1. The third-order valence-electron chi connectivity index (χ3n) is 1.93. The van der Waals surface area contributed by atoms with Gasteiger partial charge in [-0.15, -0.1) is 11.3 Å². The Balaban J connectivity index is 3.00. The van der Waals surface area contributed by atoms with E-state index in [-0.39, 0.29) is 17.1 Å². The van der Waals surface area contributed by atoms with Crippen LogP contribution in [0.3, 0.4) is 0 Å². The van der Waals surface area contributed by atoms with Gasteiger partial charge in [-0.1, -0.05) is 0 Å². The second kappa shape index (κ2) is 6.71. The van der Waals surface area contributed by atoms with Crippen molar-refractivity contribution in [3.05, 3.63) is 13.6 Å². The molecule has 1 heterocycles. The predicted octanol–water partition coefficient (Wildman–Crippen LogP) is 2.32. The van der Waals surface area contributed by atoms with Crippen LogP contribution < -0.4 is 4.72 Å². The second-order valence-electron chi connectivity index (χ2n) is 3.21. The lowest BCUT2D eigenvalue weighted by Crippen LogP contribution is -2.40. The molecule has 0 saturated heterocycles. The molecule has 2 N–H and O–H groups in total. The van der Waals surface area contributed by atoms with Crippen LogP contribution in [0.25, 0.3) is 0 Å². The Morgan fingerprint density at radius 2 is 2.17 bits per heavy atom. The van der Waals surface area contributed by atoms with Crippen molar-refractivity contribution < 1.29 is 18.3 Å². The fraction of sp³-hybridized carbons (Fsp3) is 0.375. The van der Waals surface area contributed by atoms with Crippen LogP contribution in [-0.2, 0) is 14.8 Å². The van der Waals surface area contributed by atoms with Gasteiger partial charge in [0.25, 0.3) is 0 Å².